The van der Waals surface area contributed by atoms with E-state index in [0.717, 1.165) is 18.4 Å². The molecule has 0 bridgehead atoms. The van der Waals surface area contributed by atoms with Crippen molar-refractivity contribution in [3.8, 4) is 0 Å². The summed E-state index contributed by atoms with van der Waals surface area (Å²) in [5.41, 5.74) is 0.973. The van der Waals surface area contributed by atoms with Crippen molar-refractivity contribution in [1.29, 1.82) is 0 Å². The van der Waals surface area contributed by atoms with Gasteiger partial charge < -0.3 is 47.4 Å². The number of ether oxygens (including phenoxy) is 10. The van der Waals surface area contributed by atoms with E-state index in [1.165, 1.54) is 57.1 Å². The van der Waals surface area contributed by atoms with Crippen LogP contribution in [0, 0.1) is 6.92 Å². The van der Waals surface area contributed by atoms with E-state index in [1.54, 1.807) is 12.1 Å². The molecule has 0 aliphatic carbocycles. The summed E-state index contributed by atoms with van der Waals surface area (Å²) < 4.78 is 83.4. The number of unbranched alkanes of at least 4 members (excludes halogenated alkanes) is 8. The third-order valence-electron chi connectivity index (χ3n) is 7.73. The van der Waals surface area contributed by atoms with Gasteiger partial charge in [0.05, 0.1) is 130 Å². The first-order valence-corrected chi connectivity index (χ1v) is 21.2. The Morgan fingerprint density at radius 3 is 1.13 bits per heavy atom. The van der Waals surface area contributed by atoms with Gasteiger partial charge in [-0.2, -0.15) is 8.42 Å². The Morgan fingerprint density at radius 1 is 0.444 bits per heavy atom. The largest absolute Gasteiger partial charge is 0.463 e. The van der Waals surface area contributed by atoms with Crippen molar-refractivity contribution < 1.29 is 64.8 Å². The molecule has 0 aliphatic rings. The lowest BCUT2D eigenvalue weighted by molar-refractivity contribution is -0.145. The highest BCUT2D eigenvalue weighted by Gasteiger charge is 2.14. The molecule has 1 rings (SSSR count). The molecule has 0 aliphatic heterocycles. The number of hydrogen-bond donors (Lipinski definition) is 0. The third-order valence-corrected chi connectivity index (χ3v) is 9.05. The number of hydrogen-bond acceptors (Lipinski definition) is 14. The average Bonchev–Trinajstić information content (AvgIpc) is 3.16. The van der Waals surface area contributed by atoms with E-state index in [4.69, 9.17) is 51.6 Å². The van der Waals surface area contributed by atoms with Crippen molar-refractivity contribution in [3.63, 3.8) is 0 Å². The summed E-state index contributed by atoms with van der Waals surface area (Å²) in [5.74, 6) is -0.144. The summed E-state index contributed by atoms with van der Waals surface area (Å²) in [6.07, 6.45) is 11.5. The minimum absolute atomic E-state index is 0.0623. The number of carbonyl (C=O) groups is 1. The molecular formula is C39H70O14S. The summed E-state index contributed by atoms with van der Waals surface area (Å²) in [4.78, 5) is 11.9. The Bertz CT molecular complexity index is 1060. The Kier molecular flexibility index (Phi) is 35.5. The molecule has 14 nitrogen and oxygen atoms in total. The number of rotatable bonds is 42. The topological polar surface area (TPSA) is 153 Å². The maximum Gasteiger partial charge on any atom is 0.305 e. The van der Waals surface area contributed by atoms with Gasteiger partial charge in [-0.15, -0.1) is 0 Å². The third kappa shape index (κ3) is 33.6. The fourth-order valence-electron chi connectivity index (χ4n) is 4.70. The molecule has 15 heteroatoms. The van der Waals surface area contributed by atoms with Gasteiger partial charge in [0.2, 0.25) is 0 Å². The van der Waals surface area contributed by atoms with Crippen LogP contribution < -0.4 is 0 Å². The van der Waals surface area contributed by atoms with Crippen molar-refractivity contribution in [2.75, 3.05) is 132 Å². The van der Waals surface area contributed by atoms with Gasteiger partial charge in [-0.05, 0) is 25.5 Å². The van der Waals surface area contributed by atoms with Crippen molar-refractivity contribution in [1.82, 2.24) is 0 Å². The van der Waals surface area contributed by atoms with E-state index in [0.29, 0.717) is 119 Å². The quantitative estimate of drug-likeness (QED) is 0.0477. The first-order chi connectivity index (χ1) is 26.5. The second kappa shape index (κ2) is 38.1. The van der Waals surface area contributed by atoms with E-state index in [9.17, 15) is 13.2 Å². The molecular weight excluding hydrogens is 724 g/mol. The molecule has 0 saturated heterocycles. The van der Waals surface area contributed by atoms with Gasteiger partial charge in [-0.3, -0.25) is 8.98 Å². The lowest BCUT2D eigenvalue weighted by atomic mass is 10.1. The van der Waals surface area contributed by atoms with Crippen LogP contribution in [0.25, 0.3) is 0 Å². The molecule has 0 N–H and O–H groups in total. The van der Waals surface area contributed by atoms with Crippen LogP contribution in [0.4, 0.5) is 0 Å². The summed E-state index contributed by atoms with van der Waals surface area (Å²) in [5, 5.41) is 0. The molecule has 0 unspecified atom stereocenters. The van der Waals surface area contributed by atoms with E-state index >= 15 is 0 Å². The predicted octanol–water partition coefficient (Wildman–Crippen LogP) is 5.31. The predicted molar refractivity (Wildman–Crippen MR) is 204 cm³/mol. The zero-order valence-electron chi connectivity index (χ0n) is 33.1. The Morgan fingerprint density at radius 2 is 0.759 bits per heavy atom. The molecule has 54 heavy (non-hydrogen) atoms. The van der Waals surface area contributed by atoms with Crippen LogP contribution in [-0.2, 0) is 66.5 Å². The highest BCUT2D eigenvalue weighted by atomic mass is 32.2. The molecule has 1 aromatic carbocycles. The lowest BCUT2D eigenvalue weighted by Crippen LogP contribution is -2.16. The van der Waals surface area contributed by atoms with Crippen LogP contribution in [0.3, 0.4) is 0 Å². The smallest absolute Gasteiger partial charge is 0.305 e. The minimum Gasteiger partial charge on any atom is -0.463 e. The van der Waals surface area contributed by atoms with Crippen LogP contribution in [0.15, 0.2) is 29.2 Å². The van der Waals surface area contributed by atoms with E-state index in [2.05, 4.69) is 6.92 Å². The summed E-state index contributed by atoms with van der Waals surface area (Å²) >= 11 is 0. The van der Waals surface area contributed by atoms with E-state index in [1.807, 2.05) is 6.92 Å². The molecule has 1 aromatic rings. The Labute approximate surface area is 325 Å². The number of esters is 1. The zero-order valence-corrected chi connectivity index (χ0v) is 34.0. The summed E-state index contributed by atoms with van der Waals surface area (Å²) in [7, 11) is -3.78. The van der Waals surface area contributed by atoms with Gasteiger partial charge in [0.15, 0.2) is 0 Å². The van der Waals surface area contributed by atoms with Crippen molar-refractivity contribution in [3.05, 3.63) is 29.8 Å². The molecule has 0 amide bonds. The summed E-state index contributed by atoms with van der Waals surface area (Å²) in [6, 6.07) is 6.48. The van der Waals surface area contributed by atoms with E-state index < -0.39 is 10.1 Å². The number of carbonyl (C=O) groups excluding carboxylic acids is 1. The molecule has 316 valence electrons. The maximum absolute atomic E-state index is 12.1. The second-order valence-corrected chi connectivity index (χ2v) is 14.0. The highest BCUT2D eigenvalue weighted by molar-refractivity contribution is 7.86. The van der Waals surface area contributed by atoms with Crippen molar-refractivity contribution in [2.24, 2.45) is 0 Å². The zero-order chi connectivity index (χ0) is 39.1. The first kappa shape index (κ1) is 50.3. The fraction of sp³-hybridized carbons (Fsp3) is 0.821. The van der Waals surface area contributed by atoms with Crippen molar-refractivity contribution >= 4 is 16.1 Å². The molecule has 0 fully saturated rings. The molecule has 0 atom stereocenters. The van der Waals surface area contributed by atoms with E-state index in [-0.39, 0.29) is 30.7 Å². The highest BCUT2D eigenvalue weighted by Crippen LogP contribution is 2.13. The van der Waals surface area contributed by atoms with Gasteiger partial charge in [0.1, 0.15) is 6.61 Å². The monoisotopic (exact) mass is 794 g/mol. The van der Waals surface area contributed by atoms with Crippen LogP contribution >= 0.6 is 0 Å². The molecule has 0 heterocycles. The van der Waals surface area contributed by atoms with Gasteiger partial charge in [0, 0.05) is 6.42 Å². The normalized spacial score (nSPS) is 11.7. The fourth-order valence-corrected chi connectivity index (χ4v) is 5.60. The van der Waals surface area contributed by atoms with Crippen LogP contribution in [0.2, 0.25) is 0 Å². The summed E-state index contributed by atoms with van der Waals surface area (Å²) in [6.45, 7) is 12.0. The van der Waals surface area contributed by atoms with Gasteiger partial charge in [0.25, 0.3) is 10.1 Å². The molecule has 0 aromatic heterocycles. The maximum atomic E-state index is 12.1. The second-order valence-electron chi connectivity index (χ2n) is 12.4. The average molecular weight is 795 g/mol. The van der Waals surface area contributed by atoms with Crippen molar-refractivity contribution in [2.45, 2.75) is 83.0 Å². The Hall–Kier alpha value is -1.76. The molecule has 0 spiro atoms. The number of aryl methyl sites for hydroxylation is 1. The minimum atomic E-state index is -3.78. The van der Waals surface area contributed by atoms with Gasteiger partial charge >= 0.3 is 5.97 Å². The van der Waals surface area contributed by atoms with Crippen LogP contribution in [-0.4, -0.2) is 147 Å². The van der Waals surface area contributed by atoms with Crippen LogP contribution in [0.1, 0.15) is 76.7 Å². The lowest BCUT2D eigenvalue weighted by Gasteiger charge is -2.09. The number of benzene rings is 1. The van der Waals surface area contributed by atoms with Gasteiger partial charge in [-0.25, -0.2) is 0 Å². The van der Waals surface area contributed by atoms with Crippen LogP contribution in [0.5, 0.6) is 0 Å². The Balaban J connectivity index is 1.68. The van der Waals surface area contributed by atoms with Gasteiger partial charge in [-0.1, -0.05) is 76.0 Å². The molecule has 0 saturated carbocycles. The SMILES string of the molecule is CCCCCCCCCCCC(=O)OCCOCCOCCOCCOCCOCCOCCOCCOCCOCCOS(=O)(=O)c1ccc(C)cc1. The standard InChI is InChI=1S/C39H70O14S/c1-3-4-5-6-7-8-9-10-11-12-39(40)52-35-33-50-31-29-48-27-25-46-23-21-44-19-17-43-18-20-45-22-24-47-26-28-49-30-32-51-34-36-53-54(41,42)38-15-13-37(2)14-16-38/h13-16H,3-12,17-36H2,1-2H3. The molecule has 0 radical (unpaired) electrons. The first-order valence-electron chi connectivity index (χ1n) is 19.8.